The third kappa shape index (κ3) is 6.42. The summed E-state index contributed by atoms with van der Waals surface area (Å²) < 4.78 is 10.8. The third-order valence-electron chi connectivity index (χ3n) is 3.40. The molecule has 0 saturated carbocycles. The molecule has 1 aromatic carbocycles. The first-order valence-corrected chi connectivity index (χ1v) is 8.11. The van der Waals surface area contributed by atoms with E-state index in [1.165, 1.54) is 12.1 Å². The maximum Gasteiger partial charge on any atom is 0.316 e. The fraction of sp³-hybridized carbons (Fsp3) is 0.526. The van der Waals surface area contributed by atoms with Gasteiger partial charge in [0.15, 0.2) is 11.5 Å². The summed E-state index contributed by atoms with van der Waals surface area (Å²) in [5.74, 6) is -0.669. The van der Waals surface area contributed by atoms with Crippen molar-refractivity contribution in [3.05, 3.63) is 23.8 Å². The lowest BCUT2D eigenvalue weighted by Crippen LogP contribution is -2.28. The highest BCUT2D eigenvalue weighted by Crippen LogP contribution is 2.33. The van der Waals surface area contributed by atoms with E-state index in [4.69, 9.17) is 9.47 Å². The lowest BCUT2D eigenvalue weighted by Gasteiger charge is -2.21. The van der Waals surface area contributed by atoms with E-state index in [0.29, 0.717) is 5.56 Å². The van der Waals surface area contributed by atoms with Gasteiger partial charge in [0.2, 0.25) is 0 Å². The van der Waals surface area contributed by atoms with E-state index in [1.54, 1.807) is 54.7 Å². The van der Waals surface area contributed by atoms with Crippen LogP contribution in [-0.4, -0.2) is 25.3 Å². The summed E-state index contributed by atoms with van der Waals surface area (Å²) in [6, 6.07) is 4.15. The molecule has 0 bridgehead atoms. The highest BCUT2D eigenvalue weighted by atomic mass is 35.5. The number of ether oxygens (including phenoxy) is 2. The van der Waals surface area contributed by atoms with Gasteiger partial charge in [-0.2, -0.15) is 0 Å². The van der Waals surface area contributed by atoms with Crippen LogP contribution in [0.1, 0.15) is 53.1 Å². The monoisotopic (exact) mass is 385 g/mol. The van der Waals surface area contributed by atoms with Crippen molar-refractivity contribution in [2.24, 2.45) is 10.8 Å². The molecule has 0 aliphatic carbocycles. The molecular weight excluding hydrogens is 358 g/mol. The molecule has 0 fully saturated rings. The van der Waals surface area contributed by atoms with Crippen molar-refractivity contribution < 1.29 is 23.9 Å². The summed E-state index contributed by atoms with van der Waals surface area (Å²) in [6.07, 6.45) is 0.742. The van der Waals surface area contributed by atoms with E-state index in [1.807, 2.05) is 0 Å². The van der Waals surface area contributed by atoms with Crippen molar-refractivity contribution in [3.63, 3.8) is 0 Å². The van der Waals surface area contributed by atoms with Crippen LogP contribution in [-0.2, 0) is 14.4 Å². The average Bonchev–Trinajstić information content (AvgIpc) is 2.48. The SMILES string of the molecule is CNC(C=O)c1ccc(OC(=O)C(C)(C)C)c(OC(=O)C(C)(C)C)c1.Cl. The topological polar surface area (TPSA) is 81.7 Å². The van der Waals surface area contributed by atoms with E-state index in [0.717, 1.165) is 6.29 Å². The van der Waals surface area contributed by atoms with Crippen LogP contribution in [0.15, 0.2) is 18.2 Å². The van der Waals surface area contributed by atoms with Gasteiger partial charge in [-0.05, 0) is 66.3 Å². The zero-order chi connectivity index (χ0) is 19.4. The minimum absolute atomic E-state index is 0. The number of nitrogens with one attached hydrogen (secondary N) is 1. The molecule has 0 amide bonds. The number of rotatable bonds is 5. The van der Waals surface area contributed by atoms with Gasteiger partial charge >= 0.3 is 11.9 Å². The van der Waals surface area contributed by atoms with Crippen LogP contribution in [0.2, 0.25) is 0 Å². The zero-order valence-corrected chi connectivity index (χ0v) is 17.2. The molecular formula is C19H28ClNO5. The van der Waals surface area contributed by atoms with Crippen LogP contribution in [0, 0.1) is 10.8 Å². The van der Waals surface area contributed by atoms with Gasteiger partial charge in [0, 0.05) is 0 Å². The largest absolute Gasteiger partial charge is 0.422 e. The molecule has 7 heteroatoms. The van der Waals surface area contributed by atoms with Crippen LogP contribution >= 0.6 is 12.4 Å². The summed E-state index contributed by atoms with van der Waals surface area (Å²) in [7, 11) is 1.65. The Labute approximate surface area is 161 Å². The predicted octanol–water partition coefficient (Wildman–Crippen LogP) is 3.47. The normalized spacial score (nSPS) is 12.6. The Morgan fingerprint density at radius 3 is 1.81 bits per heavy atom. The first kappa shape index (κ1) is 24.1. The van der Waals surface area contributed by atoms with E-state index >= 15 is 0 Å². The van der Waals surface area contributed by atoms with Gasteiger partial charge in [-0.1, -0.05) is 6.07 Å². The molecule has 0 saturated heterocycles. The first-order valence-electron chi connectivity index (χ1n) is 8.11. The maximum atomic E-state index is 12.2. The van der Waals surface area contributed by atoms with Crippen molar-refractivity contribution >= 4 is 30.6 Å². The molecule has 0 aromatic heterocycles. The number of esters is 2. The second-order valence-corrected chi connectivity index (χ2v) is 7.89. The quantitative estimate of drug-likeness (QED) is 0.474. The predicted molar refractivity (Wildman–Crippen MR) is 102 cm³/mol. The Kier molecular flexibility index (Phi) is 8.47. The highest BCUT2D eigenvalue weighted by molar-refractivity contribution is 5.85. The summed E-state index contributed by atoms with van der Waals surface area (Å²) in [5, 5.41) is 2.85. The second kappa shape index (κ2) is 9.14. The first-order chi connectivity index (χ1) is 11.4. The van der Waals surface area contributed by atoms with E-state index in [2.05, 4.69) is 5.32 Å². The molecule has 1 aromatic rings. The molecule has 26 heavy (non-hydrogen) atoms. The van der Waals surface area contributed by atoms with Gasteiger partial charge < -0.3 is 19.6 Å². The molecule has 0 heterocycles. The van der Waals surface area contributed by atoms with E-state index in [9.17, 15) is 14.4 Å². The molecule has 0 aliphatic heterocycles. The van der Waals surface area contributed by atoms with Gasteiger partial charge in [-0.25, -0.2) is 0 Å². The van der Waals surface area contributed by atoms with E-state index in [-0.39, 0.29) is 23.9 Å². The van der Waals surface area contributed by atoms with Crippen molar-refractivity contribution in [2.75, 3.05) is 7.05 Å². The lowest BCUT2D eigenvalue weighted by atomic mass is 9.97. The third-order valence-corrected chi connectivity index (χ3v) is 3.40. The van der Waals surface area contributed by atoms with Gasteiger partial charge in [0.25, 0.3) is 0 Å². The summed E-state index contributed by atoms with van der Waals surface area (Å²) in [5.41, 5.74) is -0.834. The lowest BCUT2D eigenvalue weighted by molar-refractivity contribution is -0.145. The van der Waals surface area contributed by atoms with E-state index < -0.39 is 28.8 Å². The number of aldehydes is 1. The molecule has 6 nitrogen and oxygen atoms in total. The number of carbonyl (C=O) groups excluding carboxylic acids is 3. The Bertz CT molecular complexity index is 659. The molecule has 0 radical (unpaired) electrons. The zero-order valence-electron chi connectivity index (χ0n) is 16.3. The van der Waals surface area contributed by atoms with Crippen molar-refractivity contribution in [1.82, 2.24) is 5.32 Å². The molecule has 1 N–H and O–H groups in total. The minimum Gasteiger partial charge on any atom is -0.422 e. The fourth-order valence-electron chi connectivity index (χ4n) is 1.70. The van der Waals surface area contributed by atoms with Crippen molar-refractivity contribution in [3.8, 4) is 11.5 Å². The molecule has 1 unspecified atom stereocenters. The Hall–Kier alpha value is -1.92. The van der Waals surface area contributed by atoms with Gasteiger partial charge in [0.05, 0.1) is 16.9 Å². The van der Waals surface area contributed by atoms with Crippen LogP contribution in [0.5, 0.6) is 11.5 Å². The van der Waals surface area contributed by atoms with Crippen LogP contribution < -0.4 is 14.8 Å². The highest BCUT2D eigenvalue weighted by Gasteiger charge is 2.28. The molecule has 146 valence electrons. The number of carbonyl (C=O) groups is 3. The molecule has 1 rings (SSSR count). The Balaban J connectivity index is 0.00000625. The maximum absolute atomic E-state index is 12.2. The number of likely N-dealkylation sites (N-methyl/N-ethyl adjacent to an activating group) is 1. The molecule has 0 spiro atoms. The Morgan fingerprint density at radius 2 is 1.42 bits per heavy atom. The van der Waals surface area contributed by atoms with Gasteiger partial charge in [-0.15, -0.1) is 12.4 Å². The molecule has 1 atom stereocenters. The number of benzene rings is 1. The average molecular weight is 386 g/mol. The second-order valence-electron chi connectivity index (χ2n) is 7.89. The van der Waals surface area contributed by atoms with Crippen molar-refractivity contribution in [1.29, 1.82) is 0 Å². The summed E-state index contributed by atoms with van der Waals surface area (Å²) in [4.78, 5) is 35.6. The fourth-order valence-corrected chi connectivity index (χ4v) is 1.70. The van der Waals surface area contributed by atoms with Crippen LogP contribution in [0.25, 0.3) is 0 Å². The summed E-state index contributed by atoms with van der Waals surface area (Å²) in [6.45, 7) is 10.4. The standard InChI is InChI=1S/C19H27NO5.ClH/c1-18(2,3)16(22)24-14-9-8-12(13(11-21)20-7)10-15(14)25-17(23)19(4,5)6;/h8-11,13,20H,1-7H3;1H. The Morgan fingerprint density at radius 1 is 0.962 bits per heavy atom. The summed E-state index contributed by atoms with van der Waals surface area (Å²) >= 11 is 0. The van der Waals surface area contributed by atoms with Gasteiger partial charge in [0.1, 0.15) is 6.29 Å². The molecule has 0 aliphatic rings. The van der Waals surface area contributed by atoms with Crippen LogP contribution in [0.4, 0.5) is 0 Å². The number of hydrogen-bond acceptors (Lipinski definition) is 6. The smallest absolute Gasteiger partial charge is 0.316 e. The van der Waals surface area contributed by atoms with Gasteiger partial charge in [-0.3, -0.25) is 9.59 Å². The number of halogens is 1. The van der Waals surface area contributed by atoms with Crippen molar-refractivity contribution in [2.45, 2.75) is 47.6 Å². The number of hydrogen-bond donors (Lipinski definition) is 1. The van der Waals surface area contributed by atoms with Crippen LogP contribution in [0.3, 0.4) is 0 Å². The minimum atomic E-state index is -0.728.